The largest absolute Gasteiger partial charge is 0.390 e. The van der Waals surface area contributed by atoms with Crippen LogP contribution in [-0.2, 0) is 14.2 Å². The van der Waals surface area contributed by atoms with Gasteiger partial charge < -0.3 is 24.6 Å². The molecule has 0 spiro atoms. The molecule has 0 radical (unpaired) electrons. The van der Waals surface area contributed by atoms with Crippen molar-refractivity contribution >= 4 is 0 Å². The Morgan fingerprint density at radius 2 is 2.00 bits per heavy atom. The number of aliphatic hydroxyl groups excluding tert-OH is 1. The SMILES string of the molecule is O[C@H]1[C@H](NCC2CC2)[C@H]2CO[C@H](O2)[C@@H]1N1CCOCC1. The number of hydrogen-bond acceptors (Lipinski definition) is 6. The van der Waals surface area contributed by atoms with Gasteiger partial charge in [-0.25, -0.2) is 0 Å². The molecule has 4 aliphatic rings. The number of nitrogens with zero attached hydrogens (tertiary/aromatic N) is 1. The molecule has 0 amide bonds. The highest BCUT2D eigenvalue weighted by molar-refractivity contribution is 5.02. The van der Waals surface area contributed by atoms with Gasteiger partial charge >= 0.3 is 0 Å². The molecular formula is C14H24N2O4. The monoisotopic (exact) mass is 284 g/mol. The van der Waals surface area contributed by atoms with Gasteiger partial charge in [0.15, 0.2) is 6.29 Å². The Labute approximate surface area is 119 Å². The zero-order valence-electron chi connectivity index (χ0n) is 11.7. The van der Waals surface area contributed by atoms with Crippen LogP contribution in [0.1, 0.15) is 12.8 Å². The van der Waals surface area contributed by atoms with Crippen LogP contribution in [-0.4, -0.2) is 80.0 Å². The molecule has 1 saturated carbocycles. The summed E-state index contributed by atoms with van der Waals surface area (Å²) in [4.78, 5) is 2.26. The van der Waals surface area contributed by atoms with Crippen LogP contribution in [0.4, 0.5) is 0 Å². The highest BCUT2D eigenvalue weighted by Gasteiger charge is 2.52. The van der Waals surface area contributed by atoms with Crippen LogP contribution < -0.4 is 5.32 Å². The van der Waals surface area contributed by atoms with Gasteiger partial charge in [0.05, 0.1) is 38.0 Å². The van der Waals surface area contributed by atoms with Crippen LogP contribution in [0.2, 0.25) is 0 Å². The molecule has 2 bridgehead atoms. The molecule has 20 heavy (non-hydrogen) atoms. The summed E-state index contributed by atoms with van der Waals surface area (Å²) in [6.45, 7) is 4.70. The number of aliphatic hydroxyl groups is 1. The van der Waals surface area contributed by atoms with E-state index in [2.05, 4.69) is 10.2 Å². The van der Waals surface area contributed by atoms with Gasteiger partial charge in [-0.1, -0.05) is 0 Å². The molecule has 6 heteroatoms. The van der Waals surface area contributed by atoms with E-state index < -0.39 is 6.10 Å². The number of ether oxygens (including phenoxy) is 3. The van der Waals surface area contributed by atoms with E-state index >= 15 is 0 Å². The van der Waals surface area contributed by atoms with Crippen molar-refractivity contribution in [3.05, 3.63) is 0 Å². The van der Waals surface area contributed by atoms with Crippen LogP contribution in [0.25, 0.3) is 0 Å². The van der Waals surface area contributed by atoms with Gasteiger partial charge in [-0.05, 0) is 25.3 Å². The van der Waals surface area contributed by atoms with Crippen molar-refractivity contribution in [3.8, 4) is 0 Å². The number of hydrogen-bond donors (Lipinski definition) is 2. The van der Waals surface area contributed by atoms with Crippen molar-refractivity contribution in [1.82, 2.24) is 10.2 Å². The molecule has 0 aromatic carbocycles. The molecule has 6 nitrogen and oxygen atoms in total. The normalized spacial score (nSPS) is 45.8. The summed E-state index contributed by atoms with van der Waals surface area (Å²) in [6.07, 6.45) is 1.90. The highest BCUT2D eigenvalue weighted by Crippen LogP contribution is 2.33. The summed E-state index contributed by atoms with van der Waals surface area (Å²) < 4.78 is 17.1. The predicted molar refractivity (Wildman–Crippen MR) is 71.3 cm³/mol. The standard InChI is InChI=1S/C14H24N2O4/c17-13-11(15-7-9-1-2-9)10-8-19-14(20-10)12(13)16-3-5-18-6-4-16/h9-15,17H,1-8H2/t10-,11-,12-,13+,14-/m1/s1. The first-order valence-electron chi connectivity index (χ1n) is 7.83. The summed E-state index contributed by atoms with van der Waals surface area (Å²) in [5, 5.41) is 14.3. The van der Waals surface area contributed by atoms with Crippen molar-refractivity contribution in [2.24, 2.45) is 5.92 Å². The summed E-state index contributed by atoms with van der Waals surface area (Å²) >= 11 is 0. The predicted octanol–water partition coefficient (Wildman–Crippen LogP) is -0.829. The smallest absolute Gasteiger partial charge is 0.176 e. The molecule has 1 aliphatic carbocycles. The lowest BCUT2D eigenvalue weighted by Gasteiger charge is -2.45. The number of fused-ring (bicyclic) bond motifs is 2. The van der Waals surface area contributed by atoms with E-state index in [1.807, 2.05) is 0 Å². The molecule has 114 valence electrons. The lowest BCUT2D eigenvalue weighted by atomic mass is 9.94. The third-order valence-electron chi connectivity index (χ3n) is 4.94. The Balaban J connectivity index is 1.46. The van der Waals surface area contributed by atoms with Crippen LogP contribution in [0.3, 0.4) is 0 Å². The van der Waals surface area contributed by atoms with Crippen molar-refractivity contribution in [3.63, 3.8) is 0 Å². The zero-order chi connectivity index (χ0) is 13.5. The Bertz CT molecular complexity index is 346. The lowest BCUT2D eigenvalue weighted by Crippen LogP contribution is -2.65. The van der Waals surface area contributed by atoms with Crippen molar-refractivity contribution < 1.29 is 19.3 Å². The summed E-state index contributed by atoms with van der Waals surface area (Å²) in [6, 6.07) is -0.0865. The lowest BCUT2D eigenvalue weighted by molar-refractivity contribution is -0.190. The van der Waals surface area contributed by atoms with Gasteiger partial charge in [0.1, 0.15) is 6.10 Å². The van der Waals surface area contributed by atoms with Gasteiger partial charge in [0, 0.05) is 13.1 Å². The first-order valence-corrected chi connectivity index (χ1v) is 7.83. The average Bonchev–Trinajstić information content (AvgIpc) is 3.20. The van der Waals surface area contributed by atoms with Crippen LogP contribution >= 0.6 is 0 Å². The number of morpholine rings is 1. The third-order valence-corrected chi connectivity index (χ3v) is 4.94. The fourth-order valence-electron chi connectivity index (χ4n) is 3.54. The molecule has 4 rings (SSSR count). The average molecular weight is 284 g/mol. The Hall–Kier alpha value is -0.240. The maximum atomic E-state index is 10.8. The summed E-state index contributed by atoms with van der Waals surface area (Å²) in [7, 11) is 0. The number of rotatable bonds is 4. The first kappa shape index (κ1) is 13.4. The van der Waals surface area contributed by atoms with Gasteiger partial charge in [0.25, 0.3) is 0 Å². The van der Waals surface area contributed by atoms with Gasteiger partial charge in [-0.3, -0.25) is 4.90 Å². The summed E-state index contributed by atoms with van der Waals surface area (Å²) in [5.74, 6) is 0.795. The van der Waals surface area contributed by atoms with E-state index in [1.165, 1.54) is 12.8 Å². The second kappa shape index (κ2) is 5.51. The molecule has 3 saturated heterocycles. The topological polar surface area (TPSA) is 63.2 Å². The van der Waals surface area contributed by atoms with Crippen molar-refractivity contribution in [2.45, 2.75) is 43.4 Å². The van der Waals surface area contributed by atoms with Gasteiger partial charge in [0.2, 0.25) is 0 Å². The molecule has 4 fully saturated rings. The van der Waals surface area contributed by atoms with Crippen molar-refractivity contribution in [1.29, 1.82) is 0 Å². The first-order chi connectivity index (χ1) is 9.83. The maximum absolute atomic E-state index is 10.8. The highest BCUT2D eigenvalue weighted by atomic mass is 16.7. The second-order valence-electron chi connectivity index (χ2n) is 6.38. The van der Waals surface area contributed by atoms with Crippen LogP contribution in [0, 0.1) is 5.92 Å². The van der Waals surface area contributed by atoms with E-state index in [1.54, 1.807) is 0 Å². The molecule has 3 aliphatic heterocycles. The van der Waals surface area contributed by atoms with E-state index in [-0.39, 0.29) is 24.5 Å². The molecule has 0 aromatic rings. The second-order valence-corrected chi connectivity index (χ2v) is 6.38. The van der Waals surface area contributed by atoms with Crippen molar-refractivity contribution in [2.75, 3.05) is 39.5 Å². The Kier molecular flexibility index (Phi) is 3.70. The Morgan fingerprint density at radius 3 is 2.75 bits per heavy atom. The molecule has 0 aromatic heterocycles. The van der Waals surface area contributed by atoms with E-state index in [0.29, 0.717) is 6.61 Å². The minimum absolute atomic E-state index is 0.00830. The maximum Gasteiger partial charge on any atom is 0.176 e. The molecule has 5 atom stereocenters. The molecule has 2 N–H and O–H groups in total. The minimum Gasteiger partial charge on any atom is -0.390 e. The fraction of sp³-hybridized carbons (Fsp3) is 1.00. The van der Waals surface area contributed by atoms with Crippen LogP contribution in [0.5, 0.6) is 0 Å². The van der Waals surface area contributed by atoms with E-state index in [9.17, 15) is 5.11 Å². The Morgan fingerprint density at radius 1 is 1.20 bits per heavy atom. The molecule has 0 unspecified atom stereocenters. The summed E-state index contributed by atoms with van der Waals surface area (Å²) in [5.41, 5.74) is 0. The van der Waals surface area contributed by atoms with Gasteiger partial charge in [-0.15, -0.1) is 0 Å². The van der Waals surface area contributed by atoms with Crippen LogP contribution in [0.15, 0.2) is 0 Å². The molecular weight excluding hydrogens is 260 g/mol. The quantitative estimate of drug-likeness (QED) is 0.703. The minimum atomic E-state index is -0.432. The van der Waals surface area contributed by atoms with Gasteiger partial charge in [-0.2, -0.15) is 0 Å². The van der Waals surface area contributed by atoms with E-state index in [0.717, 1.165) is 38.8 Å². The van der Waals surface area contributed by atoms with E-state index in [4.69, 9.17) is 14.2 Å². The fourth-order valence-corrected chi connectivity index (χ4v) is 3.54. The number of nitrogens with one attached hydrogen (secondary N) is 1. The third kappa shape index (κ3) is 2.49. The zero-order valence-corrected chi connectivity index (χ0v) is 11.7. The molecule has 3 heterocycles.